The number of nitrogens with one attached hydrogen (secondary N) is 1. The molecule has 3 aromatic rings. The molecule has 0 fully saturated rings. The van der Waals surface area contributed by atoms with Crippen molar-refractivity contribution in [2.24, 2.45) is 0 Å². The van der Waals surface area contributed by atoms with Crippen molar-refractivity contribution in [3.8, 4) is 10.6 Å². The fourth-order valence-corrected chi connectivity index (χ4v) is 4.16. The van der Waals surface area contributed by atoms with Gasteiger partial charge in [0.15, 0.2) is 5.82 Å². The van der Waals surface area contributed by atoms with Gasteiger partial charge in [-0.3, -0.25) is 4.72 Å². The van der Waals surface area contributed by atoms with Crippen LogP contribution in [0.1, 0.15) is 5.56 Å². The first-order valence-electron chi connectivity index (χ1n) is 6.66. The smallest absolute Gasteiger partial charge is 0.263 e. The fourth-order valence-electron chi connectivity index (χ4n) is 2.08. The van der Waals surface area contributed by atoms with Crippen LogP contribution in [0.25, 0.3) is 10.6 Å². The summed E-state index contributed by atoms with van der Waals surface area (Å²) in [5.74, 6) is 0.340. The van der Waals surface area contributed by atoms with Crippen molar-refractivity contribution in [1.29, 1.82) is 0 Å². The van der Waals surface area contributed by atoms with E-state index in [4.69, 9.17) is 0 Å². The van der Waals surface area contributed by atoms with Crippen LogP contribution in [0.5, 0.6) is 0 Å². The zero-order valence-electron chi connectivity index (χ0n) is 11.9. The summed E-state index contributed by atoms with van der Waals surface area (Å²) in [6.45, 7) is 1.77. The predicted octanol–water partition coefficient (Wildman–Crippen LogP) is 3.92. The Morgan fingerprint density at radius 1 is 1.00 bits per heavy atom. The molecule has 0 atom stereocenters. The highest BCUT2D eigenvalue weighted by Gasteiger charge is 2.17. The normalized spacial score (nSPS) is 11.3. The average molecular weight is 330 g/mol. The molecular weight excluding hydrogens is 316 g/mol. The summed E-state index contributed by atoms with van der Waals surface area (Å²) in [5, 5.41) is 2.49. The largest absolute Gasteiger partial charge is 0.263 e. The van der Waals surface area contributed by atoms with E-state index in [0.29, 0.717) is 11.4 Å². The van der Waals surface area contributed by atoms with Gasteiger partial charge in [-0.1, -0.05) is 48.5 Å². The zero-order valence-corrected chi connectivity index (χ0v) is 13.5. The minimum atomic E-state index is -3.62. The molecule has 22 heavy (non-hydrogen) atoms. The Morgan fingerprint density at radius 3 is 2.41 bits per heavy atom. The van der Waals surface area contributed by atoms with Crippen LogP contribution < -0.4 is 4.72 Å². The van der Waals surface area contributed by atoms with Crippen molar-refractivity contribution in [3.05, 3.63) is 65.5 Å². The molecule has 2 aromatic carbocycles. The van der Waals surface area contributed by atoms with Crippen molar-refractivity contribution >= 4 is 27.2 Å². The summed E-state index contributed by atoms with van der Waals surface area (Å²) in [5.41, 5.74) is 1.67. The number of sulfonamides is 1. The molecule has 0 saturated carbocycles. The summed E-state index contributed by atoms with van der Waals surface area (Å²) >= 11 is 1.40. The topological polar surface area (TPSA) is 59.1 Å². The van der Waals surface area contributed by atoms with E-state index in [9.17, 15) is 8.42 Å². The van der Waals surface area contributed by atoms with Gasteiger partial charge in [0, 0.05) is 10.9 Å². The maximum Gasteiger partial charge on any atom is 0.263 e. The van der Waals surface area contributed by atoms with Crippen LogP contribution >= 0.6 is 11.3 Å². The van der Waals surface area contributed by atoms with E-state index in [-0.39, 0.29) is 4.90 Å². The molecule has 3 rings (SSSR count). The molecule has 1 heterocycles. The third-order valence-corrected chi connectivity index (χ3v) is 5.55. The number of benzene rings is 2. The molecule has 0 aliphatic carbocycles. The van der Waals surface area contributed by atoms with E-state index in [1.54, 1.807) is 30.5 Å². The second kappa shape index (κ2) is 5.90. The molecule has 1 aromatic heterocycles. The van der Waals surface area contributed by atoms with Crippen molar-refractivity contribution in [1.82, 2.24) is 4.98 Å². The maximum atomic E-state index is 12.4. The van der Waals surface area contributed by atoms with Crippen LogP contribution in [0.2, 0.25) is 0 Å². The summed E-state index contributed by atoms with van der Waals surface area (Å²) in [4.78, 5) is 4.62. The lowest BCUT2D eigenvalue weighted by atomic mass is 10.2. The molecule has 1 N–H and O–H groups in total. The van der Waals surface area contributed by atoms with Crippen LogP contribution in [0.3, 0.4) is 0 Å². The van der Waals surface area contributed by atoms with Gasteiger partial charge in [-0.05, 0) is 18.6 Å². The Bertz CT molecular complexity index is 887. The Labute approximate surface area is 133 Å². The van der Waals surface area contributed by atoms with E-state index < -0.39 is 10.0 Å². The third-order valence-electron chi connectivity index (χ3n) is 3.15. The molecule has 0 aliphatic rings. The number of aromatic nitrogens is 1. The van der Waals surface area contributed by atoms with E-state index in [1.807, 2.05) is 36.4 Å². The van der Waals surface area contributed by atoms with Gasteiger partial charge in [0.2, 0.25) is 0 Å². The molecule has 0 radical (unpaired) electrons. The Balaban J connectivity index is 1.88. The molecule has 0 amide bonds. The molecule has 4 nitrogen and oxygen atoms in total. The van der Waals surface area contributed by atoms with Crippen molar-refractivity contribution in [2.45, 2.75) is 11.8 Å². The highest BCUT2D eigenvalue weighted by Crippen LogP contribution is 2.27. The van der Waals surface area contributed by atoms with Crippen LogP contribution in [0.4, 0.5) is 5.82 Å². The Morgan fingerprint density at radius 2 is 1.68 bits per heavy atom. The number of aryl methyl sites for hydroxylation is 1. The molecule has 0 aliphatic heterocycles. The van der Waals surface area contributed by atoms with Gasteiger partial charge >= 0.3 is 0 Å². The number of hydrogen-bond acceptors (Lipinski definition) is 4. The van der Waals surface area contributed by atoms with E-state index in [1.165, 1.54) is 11.3 Å². The maximum absolute atomic E-state index is 12.4. The SMILES string of the molecule is Cc1ccccc1S(=O)(=O)Nc1csc(-c2ccccc2)n1. The first-order chi connectivity index (χ1) is 10.6. The second-order valence-corrected chi connectivity index (χ2v) is 7.28. The van der Waals surface area contributed by atoms with Crippen molar-refractivity contribution < 1.29 is 8.42 Å². The minimum absolute atomic E-state index is 0.268. The zero-order chi connectivity index (χ0) is 15.6. The second-order valence-electron chi connectivity index (χ2n) is 4.77. The number of hydrogen-bond donors (Lipinski definition) is 1. The van der Waals surface area contributed by atoms with Crippen molar-refractivity contribution in [3.63, 3.8) is 0 Å². The van der Waals surface area contributed by atoms with Crippen molar-refractivity contribution in [2.75, 3.05) is 4.72 Å². The number of nitrogens with zero attached hydrogens (tertiary/aromatic N) is 1. The number of rotatable bonds is 4. The molecule has 0 saturated heterocycles. The van der Waals surface area contributed by atoms with Gasteiger partial charge in [0.05, 0.1) is 4.90 Å². The lowest BCUT2D eigenvalue weighted by Gasteiger charge is -2.07. The van der Waals surface area contributed by atoms with Gasteiger partial charge in [-0.25, -0.2) is 13.4 Å². The molecular formula is C16H14N2O2S2. The van der Waals surface area contributed by atoms with E-state index >= 15 is 0 Å². The Kier molecular flexibility index (Phi) is 3.96. The number of thiazole rings is 1. The number of anilines is 1. The van der Waals surface area contributed by atoms with Gasteiger partial charge in [-0.2, -0.15) is 0 Å². The minimum Gasteiger partial charge on any atom is -0.263 e. The van der Waals surface area contributed by atoms with Crippen LogP contribution in [-0.2, 0) is 10.0 Å². The highest BCUT2D eigenvalue weighted by atomic mass is 32.2. The van der Waals surface area contributed by atoms with E-state index in [2.05, 4.69) is 9.71 Å². The molecule has 0 spiro atoms. The Hall–Kier alpha value is -2.18. The molecule has 6 heteroatoms. The van der Waals surface area contributed by atoms with E-state index in [0.717, 1.165) is 10.6 Å². The van der Waals surface area contributed by atoms with Crippen LogP contribution in [0.15, 0.2) is 64.9 Å². The summed E-state index contributed by atoms with van der Waals surface area (Å²) in [7, 11) is -3.62. The highest BCUT2D eigenvalue weighted by molar-refractivity contribution is 7.92. The predicted molar refractivity (Wildman–Crippen MR) is 89.5 cm³/mol. The standard InChI is InChI=1S/C16H14N2O2S2/c1-12-7-5-6-10-14(12)22(19,20)18-15-11-21-16(17-15)13-8-3-2-4-9-13/h2-11,18H,1H3. The lowest BCUT2D eigenvalue weighted by Crippen LogP contribution is -2.14. The quantitative estimate of drug-likeness (QED) is 0.789. The first-order valence-corrected chi connectivity index (χ1v) is 9.02. The van der Waals surface area contributed by atoms with Gasteiger partial charge < -0.3 is 0 Å². The molecule has 0 unspecified atom stereocenters. The van der Waals surface area contributed by atoms with Crippen LogP contribution in [-0.4, -0.2) is 13.4 Å². The van der Waals surface area contributed by atoms with Gasteiger partial charge in [0.25, 0.3) is 10.0 Å². The molecule has 112 valence electrons. The fraction of sp³-hybridized carbons (Fsp3) is 0.0625. The summed E-state index contributed by atoms with van der Waals surface area (Å²) in [6.07, 6.45) is 0. The summed E-state index contributed by atoms with van der Waals surface area (Å²) in [6, 6.07) is 16.5. The molecule has 0 bridgehead atoms. The monoisotopic (exact) mass is 330 g/mol. The van der Waals surface area contributed by atoms with Gasteiger partial charge in [0.1, 0.15) is 5.01 Å². The first kappa shape index (κ1) is 14.7. The average Bonchev–Trinajstić information content (AvgIpc) is 2.96. The van der Waals surface area contributed by atoms with Crippen LogP contribution in [0, 0.1) is 6.92 Å². The third kappa shape index (κ3) is 3.03. The summed E-state index contributed by atoms with van der Waals surface area (Å²) < 4.78 is 27.4. The lowest BCUT2D eigenvalue weighted by molar-refractivity contribution is 0.600. The van der Waals surface area contributed by atoms with Gasteiger partial charge in [-0.15, -0.1) is 11.3 Å².